The van der Waals surface area contributed by atoms with E-state index in [-0.39, 0.29) is 11.5 Å². The summed E-state index contributed by atoms with van der Waals surface area (Å²) in [6.07, 6.45) is 7.95. The Kier molecular flexibility index (Phi) is 6.97. The maximum absolute atomic E-state index is 13.4. The Labute approximate surface area is 196 Å². The molecule has 33 heavy (non-hydrogen) atoms. The molecule has 3 aromatic rings. The zero-order valence-corrected chi connectivity index (χ0v) is 19.7. The first-order valence-corrected chi connectivity index (χ1v) is 12.0. The summed E-state index contributed by atoms with van der Waals surface area (Å²) in [5.41, 5.74) is 6.20. The zero-order chi connectivity index (χ0) is 23.4. The van der Waals surface area contributed by atoms with Crippen LogP contribution < -0.4 is 10.6 Å². The van der Waals surface area contributed by atoms with Crippen molar-refractivity contribution in [2.24, 2.45) is 5.92 Å². The fourth-order valence-electron chi connectivity index (χ4n) is 4.58. The van der Waals surface area contributed by atoms with Crippen LogP contribution in [0, 0.1) is 12.8 Å². The standard InChI is InChI=1S/C28H33N3O2/c1-4-19(5-2)7-6-8-20-10-12-23-21(15-20)16-26(33)27-24(13-14-29-28(27)31-23)30-25-17-22(32)11-9-18(25)3/h9-15,17,19,32H,4-8,16H2,1-3H3,(H2,29,30,31). The average Bonchev–Trinajstić information content (AvgIpc) is 2.95. The Morgan fingerprint density at radius 1 is 1.09 bits per heavy atom. The van der Waals surface area contributed by atoms with Crippen molar-refractivity contribution in [2.45, 2.75) is 59.3 Å². The van der Waals surface area contributed by atoms with Gasteiger partial charge in [-0.15, -0.1) is 0 Å². The minimum atomic E-state index is 0.0267. The number of hydrogen-bond acceptors (Lipinski definition) is 5. The number of aromatic nitrogens is 1. The van der Waals surface area contributed by atoms with E-state index in [2.05, 4.69) is 47.7 Å². The molecule has 0 saturated heterocycles. The van der Waals surface area contributed by atoms with Crippen molar-refractivity contribution in [2.75, 3.05) is 10.6 Å². The number of carbonyl (C=O) groups excluding carboxylic acids is 1. The fraction of sp³-hybridized carbons (Fsp3) is 0.357. The summed E-state index contributed by atoms with van der Waals surface area (Å²) in [4.78, 5) is 17.8. The second-order valence-electron chi connectivity index (χ2n) is 9.00. The van der Waals surface area contributed by atoms with Crippen molar-refractivity contribution in [1.82, 2.24) is 4.98 Å². The lowest BCUT2D eigenvalue weighted by atomic mass is 9.94. The number of pyridine rings is 1. The van der Waals surface area contributed by atoms with Gasteiger partial charge in [0.1, 0.15) is 11.6 Å². The van der Waals surface area contributed by atoms with Crippen molar-refractivity contribution in [3.63, 3.8) is 0 Å². The Morgan fingerprint density at radius 3 is 2.70 bits per heavy atom. The molecule has 1 aromatic heterocycles. The van der Waals surface area contributed by atoms with Crippen molar-refractivity contribution in [1.29, 1.82) is 0 Å². The molecular formula is C28H33N3O2. The number of nitrogens with zero attached hydrogens (tertiary/aromatic N) is 1. The summed E-state index contributed by atoms with van der Waals surface area (Å²) in [6.45, 7) is 6.50. The Morgan fingerprint density at radius 2 is 1.91 bits per heavy atom. The Hall–Kier alpha value is -3.34. The molecule has 0 bridgehead atoms. The summed E-state index contributed by atoms with van der Waals surface area (Å²) >= 11 is 0. The monoisotopic (exact) mass is 443 g/mol. The molecule has 0 atom stereocenters. The SMILES string of the molecule is CCC(CC)CCCc1ccc2c(c1)CC(=O)c1c(Nc3cc(O)ccc3C)ccnc1N2. The Balaban J connectivity index is 1.56. The number of aromatic hydroxyl groups is 1. The van der Waals surface area contributed by atoms with Crippen LogP contribution in [0.1, 0.15) is 66.6 Å². The van der Waals surface area contributed by atoms with Crippen LogP contribution in [-0.2, 0) is 12.8 Å². The minimum Gasteiger partial charge on any atom is -0.508 e. The molecule has 0 amide bonds. The number of fused-ring (bicyclic) bond motifs is 2. The second-order valence-corrected chi connectivity index (χ2v) is 9.00. The third-order valence-electron chi connectivity index (χ3n) is 6.73. The molecule has 5 nitrogen and oxygen atoms in total. The number of anilines is 4. The highest BCUT2D eigenvalue weighted by Gasteiger charge is 2.24. The molecule has 2 heterocycles. The van der Waals surface area contributed by atoms with Crippen LogP contribution in [0.25, 0.3) is 0 Å². The van der Waals surface area contributed by atoms with Crippen LogP contribution in [0.15, 0.2) is 48.7 Å². The number of carbonyl (C=O) groups is 1. The van der Waals surface area contributed by atoms with E-state index in [0.717, 1.165) is 34.8 Å². The number of Topliss-reactive ketones (excluding diaryl/α,β-unsaturated/α-hetero) is 1. The summed E-state index contributed by atoms with van der Waals surface area (Å²) in [5, 5.41) is 16.6. The predicted octanol–water partition coefficient (Wildman–Crippen LogP) is 7.08. The van der Waals surface area contributed by atoms with Gasteiger partial charge in [0.2, 0.25) is 0 Å². The lowest BCUT2D eigenvalue weighted by Gasteiger charge is -2.15. The maximum Gasteiger partial charge on any atom is 0.173 e. The van der Waals surface area contributed by atoms with Crippen LogP contribution in [0.4, 0.5) is 22.9 Å². The first-order valence-electron chi connectivity index (χ1n) is 12.0. The van der Waals surface area contributed by atoms with Crippen LogP contribution in [0.2, 0.25) is 0 Å². The summed E-state index contributed by atoms with van der Waals surface area (Å²) in [7, 11) is 0. The molecule has 3 N–H and O–H groups in total. The Bertz CT molecular complexity index is 1150. The molecule has 1 aliphatic heterocycles. The van der Waals surface area contributed by atoms with Crippen molar-refractivity contribution in [3.05, 3.63) is 70.9 Å². The number of aryl methyl sites for hydroxylation is 2. The molecule has 1 aliphatic rings. The van der Waals surface area contributed by atoms with Gasteiger partial charge < -0.3 is 15.7 Å². The number of ketones is 1. The van der Waals surface area contributed by atoms with Gasteiger partial charge in [-0.3, -0.25) is 4.79 Å². The molecule has 0 saturated carbocycles. The molecule has 4 rings (SSSR count). The molecule has 0 radical (unpaired) electrons. The molecule has 5 heteroatoms. The van der Waals surface area contributed by atoms with E-state index < -0.39 is 0 Å². The number of phenolic OH excluding ortho intramolecular Hbond substituents is 1. The van der Waals surface area contributed by atoms with Crippen LogP contribution >= 0.6 is 0 Å². The van der Waals surface area contributed by atoms with Crippen LogP contribution in [0.3, 0.4) is 0 Å². The van der Waals surface area contributed by atoms with Gasteiger partial charge in [-0.05, 0) is 60.6 Å². The van der Waals surface area contributed by atoms with Crippen molar-refractivity contribution < 1.29 is 9.90 Å². The van der Waals surface area contributed by atoms with Gasteiger partial charge in [-0.1, -0.05) is 51.3 Å². The quantitative estimate of drug-likeness (QED) is 0.347. The smallest absolute Gasteiger partial charge is 0.173 e. The van der Waals surface area contributed by atoms with Crippen molar-refractivity contribution >= 4 is 28.7 Å². The first-order chi connectivity index (χ1) is 16.0. The number of rotatable bonds is 8. The van der Waals surface area contributed by atoms with E-state index in [9.17, 15) is 9.90 Å². The van der Waals surface area contributed by atoms with Gasteiger partial charge in [-0.2, -0.15) is 0 Å². The molecule has 0 aliphatic carbocycles. The number of phenols is 1. The predicted molar refractivity (Wildman–Crippen MR) is 135 cm³/mol. The topological polar surface area (TPSA) is 74.2 Å². The van der Waals surface area contributed by atoms with Gasteiger partial charge in [0.25, 0.3) is 0 Å². The molecular weight excluding hydrogens is 410 g/mol. The third-order valence-corrected chi connectivity index (χ3v) is 6.73. The molecule has 2 aromatic carbocycles. The van der Waals surface area contributed by atoms with Gasteiger partial charge in [-0.25, -0.2) is 4.98 Å². The molecule has 172 valence electrons. The molecule has 0 unspecified atom stereocenters. The van der Waals surface area contributed by atoms with Gasteiger partial charge in [0.15, 0.2) is 5.78 Å². The van der Waals surface area contributed by atoms with Crippen LogP contribution in [-0.4, -0.2) is 15.9 Å². The van der Waals surface area contributed by atoms with E-state index in [1.807, 2.05) is 13.0 Å². The normalized spacial score (nSPS) is 12.7. The average molecular weight is 444 g/mol. The lowest BCUT2D eigenvalue weighted by molar-refractivity contribution is 0.0995. The highest BCUT2D eigenvalue weighted by atomic mass is 16.3. The van der Waals surface area contributed by atoms with E-state index in [0.29, 0.717) is 23.5 Å². The van der Waals surface area contributed by atoms with E-state index in [1.165, 1.54) is 31.2 Å². The number of benzene rings is 2. The largest absolute Gasteiger partial charge is 0.508 e. The van der Waals surface area contributed by atoms with Crippen molar-refractivity contribution in [3.8, 4) is 5.75 Å². The lowest BCUT2D eigenvalue weighted by Crippen LogP contribution is -2.08. The molecule has 0 fully saturated rings. The van der Waals surface area contributed by atoms with Gasteiger partial charge in [0, 0.05) is 30.1 Å². The minimum absolute atomic E-state index is 0.0267. The summed E-state index contributed by atoms with van der Waals surface area (Å²) in [6, 6.07) is 13.4. The van der Waals surface area contributed by atoms with Gasteiger partial charge >= 0.3 is 0 Å². The number of hydrogen-bond donors (Lipinski definition) is 3. The fourth-order valence-corrected chi connectivity index (χ4v) is 4.58. The third kappa shape index (κ3) is 5.19. The highest BCUT2D eigenvalue weighted by Crippen LogP contribution is 2.35. The maximum atomic E-state index is 13.4. The van der Waals surface area contributed by atoms with E-state index in [1.54, 1.807) is 24.4 Å². The second kappa shape index (κ2) is 10.1. The van der Waals surface area contributed by atoms with E-state index in [4.69, 9.17) is 0 Å². The van der Waals surface area contributed by atoms with Gasteiger partial charge in [0.05, 0.1) is 11.3 Å². The highest BCUT2D eigenvalue weighted by molar-refractivity contribution is 6.09. The summed E-state index contributed by atoms with van der Waals surface area (Å²) < 4.78 is 0. The van der Waals surface area contributed by atoms with E-state index >= 15 is 0 Å². The molecule has 0 spiro atoms. The summed E-state index contributed by atoms with van der Waals surface area (Å²) in [5.74, 6) is 1.56. The first kappa shape index (κ1) is 22.8. The number of nitrogens with one attached hydrogen (secondary N) is 2. The van der Waals surface area contributed by atoms with Crippen LogP contribution in [0.5, 0.6) is 5.75 Å². The zero-order valence-electron chi connectivity index (χ0n) is 19.7.